The Morgan fingerprint density at radius 1 is 0.417 bits per heavy atom. The molecule has 0 bridgehead atoms. The van der Waals surface area contributed by atoms with Gasteiger partial charge in [0.25, 0.3) is 0 Å². The van der Waals surface area contributed by atoms with E-state index < -0.39 is 12.1 Å². The highest BCUT2D eigenvalue weighted by Crippen LogP contribution is 2.42. The molecular formula is C43H25N3O2. The summed E-state index contributed by atoms with van der Waals surface area (Å²) in [7, 11) is 0. The molecule has 0 N–H and O–H groups in total. The summed E-state index contributed by atoms with van der Waals surface area (Å²) in [4.78, 5) is 15.0. The van der Waals surface area contributed by atoms with Gasteiger partial charge in [0, 0.05) is 38.2 Å². The van der Waals surface area contributed by atoms with Gasteiger partial charge in [-0.15, -0.1) is 0 Å². The standard InChI is InChI=1S/C43H25N3O2/c1-2-13-27(14-3-1)41-44-42(33-20-11-23-37-39(33)31-17-6-8-21-35(31)47-37)46-43(45-41)34-24-28(30-19-10-15-26-12-4-5-16-29(26)30)25-38-40(34)32-18-7-9-22-36(32)48-38/h1-25H/i7D,9D,18D,22D,24D,25D. The van der Waals surface area contributed by atoms with Crippen LogP contribution >= 0.6 is 0 Å². The smallest absolute Gasteiger partial charge is 0.164 e. The normalized spacial score (nSPS) is 13.5. The second kappa shape index (κ2) is 10.5. The average molecular weight is 622 g/mol. The Kier molecular flexibility index (Phi) is 4.64. The number of benzene rings is 7. The number of para-hydroxylation sites is 2. The van der Waals surface area contributed by atoms with Crippen LogP contribution in [0.2, 0.25) is 0 Å². The molecule has 0 aliphatic rings. The number of rotatable bonds is 4. The van der Waals surface area contributed by atoms with Crippen molar-refractivity contribution in [3.05, 3.63) is 152 Å². The van der Waals surface area contributed by atoms with Crippen LogP contribution in [0.1, 0.15) is 8.22 Å². The molecular weight excluding hydrogens is 590 g/mol. The summed E-state index contributed by atoms with van der Waals surface area (Å²) in [5.41, 5.74) is 3.60. The van der Waals surface area contributed by atoms with E-state index >= 15 is 0 Å². The summed E-state index contributed by atoms with van der Waals surface area (Å²) in [6.07, 6.45) is 0. The Hall–Kier alpha value is -6.59. The predicted octanol–water partition coefficient (Wildman–Crippen LogP) is 11.5. The van der Waals surface area contributed by atoms with Crippen molar-refractivity contribution in [1.29, 1.82) is 0 Å². The number of furan rings is 2. The number of aromatic nitrogens is 3. The quantitative estimate of drug-likeness (QED) is 0.196. The lowest BCUT2D eigenvalue weighted by molar-refractivity contribution is 0.668. The number of fused-ring (bicyclic) bond motifs is 7. The van der Waals surface area contributed by atoms with Crippen molar-refractivity contribution in [2.24, 2.45) is 0 Å². The third kappa shape index (κ3) is 4.15. The molecule has 48 heavy (non-hydrogen) atoms. The van der Waals surface area contributed by atoms with Gasteiger partial charge in [-0.3, -0.25) is 0 Å². The number of hydrogen-bond acceptors (Lipinski definition) is 5. The fourth-order valence-corrected chi connectivity index (χ4v) is 6.51. The molecule has 3 heterocycles. The van der Waals surface area contributed by atoms with E-state index in [-0.39, 0.29) is 63.1 Å². The average Bonchev–Trinajstić information content (AvgIpc) is 3.79. The van der Waals surface area contributed by atoms with E-state index in [4.69, 9.17) is 29.3 Å². The van der Waals surface area contributed by atoms with Gasteiger partial charge in [0.1, 0.15) is 22.3 Å². The van der Waals surface area contributed by atoms with Crippen LogP contribution in [-0.4, -0.2) is 15.0 Å². The molecule has 224 valence electrons. The minimum atomic E-state index is -0.464. The molecule has 5 nitrogen and oxygen atoms in total. The van der Waals surface area contributed by atoms with E-state index in [1.165, 1.54) is 0 Å². The summed E-state index contributed by atoms with van der Waals surface area (Å²) in [6, 6.07) is 34.3. The predicted molar refractivity (Wildman–Crippen MR) is 194 cm³/mol. The van der Waals surface area contributed by atoms with Gasteiger partial charge in [-0.25, -0.2) is 15.0 Å². The number of nitrogens with zero attached hydrogens (tertiary/aromatic N) is 3. The first-order chi connectivity index (χ1) is 26.3. The first-order valence-corrected chi connectivity index (χ1v) is 15.5. The minimum absolute atomic E-state index is 0.00270. The van der Waals surface area contributed by atoms with E-state index in [0.29, 0.717) is 39.5 Å². The van der Waals surface area contributed by atoms with Gasteiger partial charge in [-0.2, -0.15) is 0 Å². The molecule has 5 heteroatoms. The highest BCUT2D eigenvalue weighted by molar-refractivity contribution is 6.15. The zero-order valence-corrected chi connectivity index (χ0v) is 25.1. The van der Waals surface area contributed by atoms with Crippen molar-refractivity contribution < 1.29 is 17.1 Å². The van der Waals surface area contributed by atoms with Crippen LogP contribution in [0.3, 0.4) is 0 Å². The van der Waals surface area contributed by atoms with Gasteiger partial charge < -0.3 is 8.83 Å². The molecule has 0 spiro atoms. The highest BCUT2D eigenvalue weighted by Gasteiger charge is 2.21. The largest absolute Gasteiger partial charge is 0.456 e. The van der Waals surface area contributed by atoms with E-state index in [1.54, 1.807) is 0 Å². The Morgan fingerprint density at radius 2 is 1.06 bits per heavy atom. The van der Waals surface area contributed by atoms with Crippen LogP contribution < -0.4 is 0 Å². The van der Waals surface area contributed by atoms with Gasteiger partial charge in [0.05, 0.1) is 8.22 Å². The van der Waals surface area contributed by atoms with E-state index in [9.17, 15) is 2.74 Å². The molecule has 10 aromatic rings. The van der Waals surface area contributed by atoms with Crippen LogP contribution in [0.25, 0.3) is 99.9 Å². The summed E-state index contributed by atoms with van der Waals surface area (Å²) >= 11 is 0. The van der Waals surface area contributed by atoms with Crippen LogP contribution in [0.5, 0.6) is 0 Å². The molecule has 0 aliphatic carbocycles. The highest BCUT2D eigenvalue weighted by atomic mass is 16.3. The Labute approximate surface area is 283 Å². The Morgan fingerprint density at radius 3 is 1.98 bits per heavy atom. The maximum absolute atomic E-state index is 9.95. The van der Waals surface area contributed by atoms with E-state index in [1.807, 2.05) is 115 Å². The SMILES string of the molecule is [2H]c1c([2H])c([2H])c2c(oc3c([2H])c(-c4cccc5ccccc45)c([2H])c(-c4nc(-c5ccccc5)nc(-c5cccc6oc7ccccc7c56)n4)c32)c1[2H]. The van der Waals surface area contributed by atoms with Crippen LogP contribution in [0.15, 0.2) is 160 Å². The molecule has 10 rings (SSSR count). The second-order valence-electron chi connectivity index (χ2n) is 11.5. The Bertz CT molecular complexity index is 3190. The van der Waals surface area contributed by atoms with Gasteiger partial charge in [-0.1, -0.05) is 121 Å². The summed E-state index contributed by atoms with van der Waals surface area (Å²) in [5.74, 6) is 0.708. The lowest BCUT2D eigenvalue weighted by Crippen LogP contribution is -2.01. The third-order valence-corrected chi connectivity index (χ3v) is 8.67. The molecule has 0 saturated heterocycles. The van der Waals surface area contributed by atoms with Crippen molar-refractivity contribution in [3.8, 4) is 45.3 Å². The van der Waals surface area contributed by atoms with Crippen LogP contribution in [0, 0.1) is 0 Å². The third-order valence-electron chi connectivity index (χ3n) is 8.67. The van der Waals surface area contributed by atoms with Crippen molar-refractivity contribution in [2.75, 3.05) is 0 Å². The Balaban J connectivity index is 1.39. The fraction of sp³-hybridized carbons (Fsp3) is 0. The van der Waals surface area contributed by atoms with E-state index in [0.717, 1.165) is 21.5 Å². The van der Waals surface area contributed by atoms with Crippen LogP contribution in [-0.2, 0) is 0 Å². The first kappa shape index (κ1) is 21.3. The molecule has 0 atom stereocenters. The lowest BCUT2D eigenvalue weighted by Gasteiger charge is -2.12. The monoisotopic (exact) mass is 621 g/mol. The number of hydrogen-bond donors (Lipinski definition) is 0. The van der Waals surface area contributed by atoms with Gasteiger partial charge >= 0.3 is 0 Å². The topological polar surface area (TPSA) is 65.0 Å². The van der Waals surface area contributed by atoms with Crippen molar-refractivity contribution in [3.63, 3.8) is 0 Å². The first-order valence-electron chi connectivity index (χ1n) is 18.5. The molecule has 0 unspecified atom stereocenters. The van der Waals surface area contributed by atoms with E-state index in [2.05, 4.69) is 0 Å². The van der Waals surface area contributed by atoms with Crippen molar-refractivity contribution in [2.45, 2.75) is 0 Å². The summed E-state index contributed by atoms with van der Waals surface area (Å²) in [5, 5.41) is 3.61. The summed E-state index contributed by atoms with van der Waals surface area (Å²) < 4.78 is 66.7. The molecule has 0 aliphatic heterocycles. The van der Waals surface area contributed by atoms with Crippen LogP contribution in [0.4, 0.5) is 0 Å². The fourth-order valence-electron chi connectivity index (χ4n) is 6.51. The second-order valence-corrected chi connectivity index (χ2v) is 11.5. The minimum Gasteiger partial charge on any atom is -0.456 e. The maximum Gasteiger partial charge on any atom is 0.164 e. The van der Waals surface area contributed by atoms with Gasteiger partial charge in [0.15, 0.2) is 17.5 Å². The zero-order valence-electron chi connectivity index (χ0n) is 31.1. The summed E-state index contributed by atoms with van der Waals surface area (Å²) in [6.45, 7) is 0. The molecule has 0 fully saturated rings. The zero-order chi connectivity index (χ0) is 36.8. The van der Waals surface area contributed by atoms with Gasteiger partial charge in [0.2, 0.25) is 0 Å². The lowest BCUT2D eigenvalue weighted by atomic mass is 9.94. The van der Waals surface area contributed by atoms with Gasteiger partial charge in [-0.05, 0) is 52.2 Å². The maximum atomic E-state index is 9.95. The van der Waals surface area contributed by atoms with Crippen molar-refractivity contribution >= 4 is 54.6 Å². The molecule has 7 aromatic carbocycles. The molecule has 0 amide bonds. The molecule has 0 saturated carbocycles. The van der Waals surface area contributed by atoms with Crippen molar-refractivity contribution in [1.82, 2.24) is 15.0 Å². The molecule has 3 aromatic heterocycles. The molecule has 0 radical (unpaired) electrons.